The van der Waals surface area contributed by atoms with E-state index in [1.54, 1.807) is 0 Å². The van der Waals surface area contributed by atoms with Crippen LogP contribution in [0.25, 0.3) is 11.1 Å². The van der Waals surface area contributed by atoms with Crippen LogP contribution in [0.15, 0.2) is 42.5 Å². The highest BCUT2D eigenvalue weighted by molar-refractivity contribution is 5.89. The summed E-state index contributed by atoms with van der Waals surface area (Å²) in [5.41, 5.74) is 2.90. The van der Waals surface area contributed by atoms with E-state index in [4.69, 9.17) is 0 Å². The predicted molar refractivity (Wildman–Crippen MR) is 48.5 cm³/mol. The lowest BCUT2D eigenvalue weighted by Crippen LogP contribution is -1.75. The van der Waals surface area contributed by atoms with Crippen molar-refractivity contribution >= 4 is 6.29 Å². The highest BCUT2D eigenvalue weighted by Gasteiger charge is 2.04. The van der Waals surface area contributed by atoms with Gasteiger partial charge in [0.15, 0.2) is 6.29 Å². The van der Waals surface area contributed by atoms with Gasteiger partial charge in [-0.2, -0.15) is 0 Å². The van der Waals surface area contributed by atoms with Crippen LogP contribution < -0.4 is 0 Å². The average Bonchev–Trinajstić information content (AvgIpc) is 2.33. The van der Waals surface area contributed by atoms with Gasteiger partial charge in [0.25, 0.3) is 0 Å². The quantitative estimate of drug-likeness (QED) is 0.580. The number of carbonyl (C=O) groups excluding carboxylic acids is 1. The molecule has 0 unspecified atom stereocenters. The standard InChI is InChI=1S/C11H8O/c12-8-10-7-6-9-4-2-1-3-5-11(9)10/h1-8H. The van der Waals surface area contributed by atoms with E-state index in [-0.39, 0.29) is 0 Å². The fourth-order valence-corrected chi connectivity index (χ4v) is 1.34. The molecule has 0 radical (unpaired) electrons. The Balaban J connectivity index is 2.72. The average molecular weight is 156 g/mol. The molecule has 0 atom stereocenters. The van der Waals surface area contributed by atoms with Gasteiger partial charge in [-0.1, -0.05) is 42.5 Å². The lowest BCUT2D eigenvalue weighted by molar-refractivity contribution is 0.112. The molecule has 0 spiro atoms. The zero-order valence-electron chi connectivity index (χ0n) is 6.53. The smallest absolute Gasteiger partial charge is 0.150 e. The maximum atomic E-state index is 10.6. The SMILES string of the molecule is O=Cc1ccc2cccccc1-2. The van der Waals surface area contributed by atoms with Crippen molar-refractivity contribution in [3.05, 3.63) is 48.0 Å². The lowest BCUT2D eigenvalue weighted by Gasteiger charge is -1.90. The van der Waals surface area contributed by atoms with Crippen molar-refractivity contribution in [3.8, 4) is 11.1 Å². The molecule has 0 aromatic heterocycles. The Kier molecular flexibility index (Phi) is 1.63. The van der Waals surface area contributed by atoms with Gasteiger partial charge in [-0.05, 0) is 11.1 Å². The molecule has 0 aromatic rings. The van der Waals surface area contributed by atoms with Crippen molar-refractivity contribution in [1.29, 1.82) is 0 Å². The molecule has 58 valence electrons. The van der Waals surface area contributed by atoms with Crippen LogP contribution in [0.5, 0.6) is 0 Å². The summed E-state index contributed by atoms with van der Waals surface area (Å²) < 4.78 is 0. The number of aldehydes is 1. The molecule has 12 heavy (non-hydrogen) atoms. The lowest BCUT2D eigenvalue weighted by atomic mass is 10.1. The van der Waals surface area contributed by atoms with Gasteiger partial charge >= 0.3 is 0 Å². The summed E-state index contributed by atoms with van der Waals surface area (Å²) >= 11 is 0. The number of rotatable bonds is 1. The zero-order valence-corrected chi connectivity index (χ0v) is 6.53. The molecule has 2 rings (SSSR count). The van der Waals surface area contributed by atoms with Crippen LogP contribution in [0.2, 0.25) is 0 Å². The second kappa shape index (κ2) is 2.78. The Morgan fingerprint density at radius 3 is 2.58 bits per heavy atom. The number of fused-ring (bicyclic) bond motifs is 1. The van der Waals surface area contributed by atoms with Crippen LogP contribution in [0.4, 0.5) is 0 Å². The zero-order chi connectivity index (χ0) is 8.39. The van der Waals surface area contributed by atoms with E-state index in [1.807, 2.05) is 42.5 Å². The van der Waals surface area contributed by atoms with Gasteiger partial charge in [-0.15, -0.1) is 0 Å². The molecule has 2 aliphatic carbocycles. The van der Waals surface area contributed by atoms with Crippen molar-refractivity contribution in [3.63, 3.8) is 0 Å². The Labute approximate surface area is 71.0 Å². The van der Waals surface area contributed by atoms with Crippen LogP contribution in [-0.2, 0) is 0 Å². The molecule has 1 heteroatoms. The van der Waals surface area contributed by atoms with E-state index in [0.29, 0.717) is 0 Å². The van der Waals surface area contributed by atoms with Gasteiger partial charge in [0.2, 0.25) is 0 Å². The maximum absolute atomic E-state index is 10.6. The van der Waals surface area contributed by atoms with Crippen LogP contribution in [0, 0.1) is 0 Å². The third kappa shape index (κ3) is 0.996. The number of carbonyl (C=O) groups is 1. The Bertz CT molecular complexity index is 379. The minimum absolute atomic E-state index is 0.765. The van der Waals surface area contributed by atoms with E-state index in [2.05, 4.69) is 0 Å². The van der Waals surface area contributed by atoms with Crippen molar-refractivity contribution < 1.29 is 4.79 Å². The van der Waals surface area contributed by atoms with Crippen molar-refractivity contribution in [2.24, 2.45) is 0 Å². The van der Waals surface area contributed by atoms with E-state index >= 15 is 0 Å². The summed E-state index contributed by atoms with van der Waals surface area (Å²) in [6.45, 7) is 0. The minimum Gasteiger partial charge on any atom is -0.298 e. The second-order valence-corrected chi connectivity index (χ2v) is 2.69. The topological polar surface area (TPSA) is 17.1 Å². The molecule has 0 aromatic carbocycles. The first-order valence-corrected chi connectivity index (χ1v) is 3.85. The molecule has 0 heterocycles. The van der Waals surface area contributed by atoms with E-state index in [0.717, 1.165) is 23.0 Å². The summed E-state index contributed by atoms with van der Waals surface area (Å²) in [7, 11) is 0. The summed E-state index contributed by atoms with van der Waals surface area (Å²) in [5, 5.41) is 0. The second-order valence-electron chi connectivity index (χ2n) is 2.69. The number of hydrogen-bond acceptors (Lipinski definition) is 1. The van der Waals surface area contributed by atoms with E-state index in [9.17, 15) is 4.79 Å². The fourth-order valence-electron chi connectivity index (χ4n) is 1.34. The number of hydrogen-bond donors (Lipinski definition) is 0. The third-order valence-electron chi connectivity index (χ3n) is 1.95. The molecule has 0 aliphatic heterocycles. The Morgan fingerprint density at radius 1 is 0.917 bits per heavy atom. The summed E-state index contributed by atoms with van der Waals surface area (Å²) in [6.07, 6.45) is 0.891. The Morgan fingerprint density at radius 2 is 1.75 bits per heavy atom. The third-order valence-corrected chi connectivity index (χ3v) is 1.95. The predicted octanol–water partition coefficient (Wildman–Crippen LogP) is 2.60. The van der Waals surface area contributed by atoms with Crippen LogP contribution in [-0.4, -0.2) is 6.29 Å². The van der Waals surface area contributed by atoms with Crippen LogP contribution in [0.3, 0.4) is 0 Å². The largest absolute Gasteiger partial charge is 0.298 e. The molecule has 0 saturated heterocycles. The highest BCUT2D eigenvalue weighted by Crippen LogP contribution is 2.24. The van der Waals surface area contributed by atoms with Gasteiger partial charge in [-0.3, -0.25) is 4.79 Å². The van der Waals surface area contributed by atoms with Gasteiger partial charge in [0.1, 0.15) is 0 Å². The van der Waals surface area contributed by atoms with Gasteiger partial charge < -0.3 is 0 Å². The van der Waals surface area contributed by atoms with Gasteiger partial charge in [0.05, 0.1) is 0 Å². The van der Waals surface area contributed by atoms with Crippen molar-refractivity contribution in [2.75, 3.05) is 0 Å². The molecule has 1 nitrogen and oxygen atoms in total. The van der Waals surface area contributed by atoms with Crippen molar-refractivity contribution in [2.45, 2.75) is 0 Å². The maximum Gasteiger partial charge on any atom is 0.150 e. The molecule has 0 bridgehead atoms. The van der Waals surface area contributed by atoms with Crippen LogP contribution in [0.1, 0.15) is 10.4 Å². The van der Waals surface area contributed by atoms with Crippen molar-refractivity contribution in [1.82, 2.24) is 0 Å². The molecular formula is C11H8O. The monoisotopic (exact) mass is 156 g/mol. The van der Waals surface area contributed by atoms with E-state index in [1.165, 1.54) is 0 Å². The summed E-state index contributed by atoms with van der Waals surface area (Å²) in [5.74, 6) is 0. The minimum atomic E-state index is 0.765. The first kappa shape index (κ1) is 7.04. The van der Waals surface area contributed by atoms with Gasteiger partial charge in [0, 0.05) is 5.56 Å². The molecule has 0 saturated carbocycles. The summed E-state index contributed by atoms with van der Waals surface area (Å²) in [4.78, 5) is 10.6. The molecule has 0 N–H and O–H groups in total. The Hall–Kier alpha value is -1.63. The molecule has 0 fully saturated rings. The van der Waals surface area contributed by atoms with E-state index < -0.39 is 0 Å². The first-order valence-electron chi connectivity index (χ1n) is 3.85. The van der Waals surface area contributed by atoms with Crippen LogP contribution >= 0.6 is 0 Å². The fraction of sp³-hybridized carbons (Fsp3) is 0. The normalized spacial score (nSPS) is 10.0. The molecular weight excluding hydrogens is 148 g/mol. The van der Waals surface area contributed by atoms with Gasteiger partial charge in [-0.25, -0.2) is 0 Å². The molecule has 0 amide bonds. The first-order chi connectivity index (χ1) is 5.92. The summed E-state index contributed by atoms with van der Waals surface area (Å²) in [6, 6.07) is 13.6. The molecule has 2 aliphatic rings. The highest BCUT2D eigenvalue weighted by atomic mass is 16.1.